The number of thiophene rings is 1. The van der Waals surface area contributed by atoms with Gasteiger partial charge in [-0.25, -0.2) is 0 Å². The highest BCUT2D eigenvalue weighted by molar-refractivity contribution is 7.17. The molecule has 0 saturated carbocycles. The molecule has 0 radical (unpaired) electrons. The van der Waals surface area contributed by atoms with Crippen molar-refractivity contribution in [2.75, 3.05) is 12.4 Å². The lowest BCUT2D eigenvalue weighted by atomic mass is 10.1. The van der Waals surface area contributed by atoms with Gasteiger partial charge in [0.1, 0.15) is 5.00 Å². The van der Waals surface area contributed by atoms with Crippen LogP contribution in [0.5, 0.6) is 5.75 Å². The number of amides is 2. The van der Waals surface area contributed by atoms with E-state index in [1.165, 1.54) is 30.6 Å². The standard InChI is InChI=1S/C16H14Cl2N2O3S/c1-23-13-9(17)5-7(6-10(13)18)15(22)20-16-12(14(19)21)8-3-2-4-11(8)24-16/h5-6H,2-4H2,1H3,(H2,19,21)(H,20,22). The fraction of sp³-hybridized carbons (Fsp3) is 0.250. The summed E-state index contributed by atoms with van der Waals surface area (Å²) in [5.74, 6) is -0.637. The van der Waals surface area contributed by atoms with Gasteiger partial charge < -0.3 is 15.8 Å². The molecule has 3 rings (SSSR count). The second-order valence-corrected chi connectivity index (χ2v) is 7.27. The van der Waals surface area contributed by atoms with Gasteiger partial charge in [0.05, 0.1) is 22.7 Å². The van der Waals surface area contributed by atoms with Crippen LogP contribution in [0.2, 0.25) is 10.0 Å². The van der Waals surface area contributed by atoms with Crippen molar-refractivity contribution >= 4 is 51.4 Å². The molecule has 1 aromatic heterocycles. The second kappa shape index (κ2) is 6.63. The Hall–Kier alpha value is -1.76. The normalized spacial score (nSPS) is 12.8. The van der Waals surface area contributed by atoms with E-state index in [2.05, 4.69) is 5.32 Å². The molecule has 0 saturated heterocycles. The zero-order valence-corrected chi connectivity index (χ0v) is 15.1. The van der Waals surface area contributed by atoms with Crippen LogP contribution in [0.1, 0.15) is 37.6 Å². The summed E-state index contributed by atoms with van der Waals surface area (Å²) < 4.78 is 5.07. The van der Waals surface area contributed by atoms with E-state index in [1.807, 2.05) is 0 Å². The van der Waals surface area contributed by atoms with Gasteiger partial charge in [0.25, 0.3) is 11.8 Å². The molecule has 0 aliphatic heterocycles. The third kappa shape index (κ3) is 2.97. The highest BCUT2D eigenvalue weighted by atomic mass is 35.5. The predicted molar refractivity (Wildman–Crippen MR) is 95.8 cm³/mol. The van der Waals surface area contributed by atoms with E-state index in [0.29, 0.717) is 16.3 Å². The molecular weight excluding hydrogens is 371 g/mol. The SMILES string of the molecule is COc1c(Cl)cc(C(=O)Nc2sc3c(c2C(N)=O)CCC3)cc1Cl. The molecule has 0 atom stereocenters. The van der Waals surface area contributed by atoms with Crippen molar-refractivity contribution < 1.29 is 14.3 Å². The van der Waals surface area contributed by atoms with E-state index < -0.39 is 11.8 Å². The van der Waals surface area contributed by atoms with Crippen LogP contribution in [-0.2, 0) is 12.8 Å². The van der Waals surface area contributed by atoms with Crippen LogP contribution in [0.3, 0.4) is 0 Å². The quantitative estimate of drug-likeness (QED) is 0.838. The molecule has 1 aromatic carbocycles. The largest absolute Gasteiger partial charge is 0.494 e. The molecule has 3 N–H and O–H groups in total. The number of carbonyl (C=O) groups is 2. The highest BCUT2D eigenvalue weighted by Crippen LogP contribution is 2.39. The molecule has 0 fully saturated rings. The summed E-state index contributed by atoms with van der Waals surface area (Å²) in [4.78, 5) is 25.4. The zero-order valence-electron chi connectivity index (χ0n) is 12.7. The van der Waals surface area contributed by atoms with E-state index >= 15 is 0 Å². The summed E-state index contributed by atoms with van der Waals surface area (Å²) in [6.07, 6.45) is 2.70. The molecule has 1 aliphatic rings. The van der Waals surface area contributed by atoms with Crippen LogP contribution in [0.25, 0.3) is 0 Å². The van der Waals surface area contributed by atoms with Crippen molar-refractivity contribution in [2.24, 2.45) is 5.73 Å². The van der Waals surface area contributed by atoms with E-state index in [4.69, 9.17) is 33.7 Å². The summed E-state index contributed by atoms with van der Waals surface area (Å²) in [6.45, 7) is 0. The fourth-order valence-electron chi connectivity index (χ4n) is 2.81. The Morgan fingerprint density at radius 2 is 1.92 bits per heavy atom. The number of primary amides is 1. The number of fused-ring (bicyclic) bond motifs is 1. The van der Waals surface area contributed by atoms with Crippen LogP contribution in [0.4, 0.5) is 5.00 Å². The van der Waals surface area contributed by atoms with Gasteiger partial charge in [0, 0.05) is 10.4 Å². The third-order valence-corrected chi connectivity index (χ3v) is 5.63. The minimum absolute atomic E-state index is 0.235. The number of carbonyl (C=O) groups excluding carboxylic acids is 2. The first-order chi connectivity index (χ1) is 11.4. The van der Waals surface area contributed by atoms with Gasteiger partial charge >= 0.3 is 0 Å². The van der Waals surface area contributed by atoms with Crippen molar-refractivity contribution in [2.45, 2.75) is 19.3 Å². The van der Waals surface area contributed by atoms with Crippen LogP contribution >= 0.6 is 34.5 Å². The van der Waals surface area contributed by atoms with E-state index in [0.717, 1.165) is 29.7 Å². The Balaban J connectivity index is 1.93. The third-order valence-electron chi connectivity index (χ3n) is 3.86. The molecule has 0 spiro atoms. The number of methoxy groups -OCH3 is 1. The Bertz CT molecular complexity index is 825. The average Bonchev–Trinajstić information content (AvgIpc) is 3.06. The monoisotopic (exact) mass is 384 g/mol. The van der Waals surface area contributed by atoms with Crippen molar-refractivity contribution in [1.82, 2.24) is 0 Å². The molecular formula is C16H14Cl2N2O3S. The summed E-state index contributed by atoms with van der Waals surface area (Å²) >= 11 is 13.5. The summed E-state index contributed by atoms with van der Waals surface area (Å²) in [6, 6.07) is 2.93. The summed E-state index contributed by atoms with van der Waals surface area (Å²) in [7, 11) is 1.44. The second-order valence-electron chi connectivity index (χ2n) is 5.35. The number of rotatable bonds is 4. The van der Waals surface area contributed by atoms with E-state index in [1.54, 1.807) is 0 Å². The summed E-state index contributed by atoms with van der Waals surface area (Å²) in [5, 5.41) is 3.69. The molecule has 5 nitrogen and oxygen atoms in total. The lowest BCUT2D eigenvalue weighted by molar-refractivity contribution is 0.100. The Morgan fingerprint density at radius 1 is 1.25 bits per heavy atom. The molecule has 1 heterocycles. The summed E-state index contributed by atoms with van der Waals surface area (Å²) in [5.41, 5.74) is 7.12. The predicted octanol–water partition coefficient (Wildman–Crippen LogP) is 3.90. The maximum Gasteiger partial charge on any atom is 0.256 e. The highest BCUT2D eigenvalue weighted by Gasteiger charge is 2.26. The van der Waals surface area contributed by atoms with Gasteiger partial charge in [-0.3, -0.25) is 9.59 Å². The molecule has 0 unspecified atom stereocenters. The van der Waals surface area contributed by atoms with E-state index in [-0.39, 0.29) is 15.6 Å². The van der Waals surface area contributed by atoms with Crippen LogP contribution in [-0.4, -0.2) is 18.9 Å². The number of hydrogen-bond donors (Lipinski definition) is 2. The van der Waals surface area contributed by atoms with Crippen molar-refractivity contribution in [3.05, 3.63) is 43.7 Å². The Kier molecular flexibility index (Phi) is 4.71. The first-order valence-corrected chi connectivity index (χ1v) is 8.78. The van der Waals surface area contributed by atoms with E-state index in [9.17, 15) is 9.59 Å². The van der Waals surface area contributed by atoms with Gasteiger partial charge in [0.15, 0.2) is 5.75 Å². The number of nitrogens with one attached hydrogen (secondary N) is 1. The molecule has 2 amide bonds. The molecule has 2 aromatic rings. The van der Waals surface area contributed by atoms with Gasteiger partial charge in [-0.2, -0.15) is 0 Å². The number of hydrogen-bond acceptors (Lipinski definition) is 4. The minimum Gasteiger partial charge on any atom is -0.494 e. The molecule has 126 valence electrons. The number of benzene rings is 1. The lowest BCUT2D eigenvalue weighted by Gasteiger charge is -2.09. The molecule has 1 aliphatic carbocycles. The molecule has 24 heavy (non-hydrogen) atoms. The number of anilines is 1. The first-order valence-electron chi connectivity index (χ1n) is 7.21. The number of ether oxygens (including phenoxy) is 1. The molecule has 8 heteroatoms. The van der Waals surface area contributed by atoms with Crippen LogP contribution < -0.4 is 15.8 Å². The van der Waals surface area contributed by atoms with Gasteiger partial charge in [-0.05, 0) is 37.0 Å². The fourth-order valence-corrected chi connectivity index (χ4v) is 4.75. The number of aryl methyl sites for hydroxylation is 1. The van der Waals surface area contributed by atoms with Crippen LogP contribution in [0.15, 0.2) is 12.1 Å². The lowest BCUT2D eigenvalue weighted by Crippen LogP contribution is -2.18. The Labute approximate surface area is 152 Å². The van der Waals surface area contributed by atoms with Crippen LogP contribution in [0, 0.1) is 0 Å². The van der Waals surface area contributed by atoms with Gasteiger partial charge in [-0.1, -0.05) is 23.2 Å². The topological polar surface area (TPSA) is 81.4 Å². The smallest absolute Gasteiger partial charge is 0.256 e. The van der Waals surface area contributed by atoms with Gasteiger partial charge in [-0.15, -0.1) is 11.3 Å². The first kappa shape index (κ1) is 17.1. The maximum absolute atomic E-state index is 12.5. The zero-order chi connectivity index (χ0) is 17.4. The van der Waals surface area contributed by atoms with Gasteiger partial charge in [0.2, 0.25) is 0 Å². The molecule has 0 bridgehead atoms. The van der Waals surface area contributed by atoms with Crippen molar-refractivity contribution in [3.8, 4) is 5.75 Å². The number of nitrogens with two attached hydrogens (primary N) is 1. The van der Waals surface area contributed by atoms with Crippen molar-refractivity contribution in [1.29, 1.82) is 0 Å². The Morgan fingerprint density at radius 3 is 2.50 bits per heavy atom. The average molecular weight is 385 g/mol. The maximum atomic E-state index is 12.5. The van der Waals surface area contributed by atoms with Crippen molar-refractivity contribution in [3.63, 3.8) is 0 Å². The minimum atomic E-state index is -0.532. The number of halogens is 2.